The minimum atomic E-state index is -0.468. The van der Waals surface area contributed by atoms with Crippen molar-refractivity contribution >= 4 is 34.8 Å². The van der Waals surface area contributed by atoms with Gasteiger partial charge in [-0.15, -0.1) is 0 Å². The van der Waals surface area contributed by atoms with Gasteiger partial charge in [0.05, 0.1) is 16.9 Å². The highest BCUT2D eigenvalue weighted by Crippen LogP contribution is 2.36. The van der Waals surface area contributed by atoms with Gasteiger partial charge in [0.15, 0.2) is 0 Å². The molecule has 0 fully saturated rings. The van der Waals surface area contributed by atoms with Crippen LogP contribution in [0.4, 0.5) is 0 Å². The fourth-order valence-corrected chi connectivity index (χ4v) is 2.16. The first-order valence-corrected chi connectivity index (χ1v) is 5.11. The van der Waals surface area contributed by atoms with Gasteiger partial charge in [0.2, 0.25) is 0 Å². The summed E-state index contributed by atoms with van der Waals surface area (Å²) in [5.41, 5.74) is 0.136. The van der Waals surface area contributed by atoms with Crippen LogP contribution in [0, 0.1) is 0 Å². The third kappa shape index (κ3) is 2.28. The zero-order chi connectivity index (χ0) is 15.2. The Morgan fingerprint density at radius 3 is 1.93 bits per heavy atom. The molecule has 76 valence electrons. The Labute approximate surface area is 110 Å². The molecule has 0 aromatic heterocycles. The van der Waals surface area contributed by atoms with Crippen LogP contribution in [-0.2, 0) is 0 Å². The number of benzene rings is 2. The van der Waals surface area contributed by atoms with Crippen LogP contribution in [0.2, 0.25) is 15.1 Å². The fraction of sp³-hybridized carbons (Fsp3) is 0. The van der Waals surface area contributed by atoms with Crippen molar-refractivity contribution in [2.24, 2.45) is 0 Å². The summed E-state index contributed by atoms with van der Waals surface area (Å²) in [6.07, 6.45) is 0. The van der Waals surface area contributed by atoms with E-state index in [9.17, 15) is 0 Å². The number of rotatable bonds is 1. The molecule has 0 saturated carbocycles. The molecular formula is C12H7Cl3. The smallest absolute Gasteiger partial charge is 0.0629 e. The highest BCUT2D eigenvalue weighted by Gasteiger charge is 2.09. The van der Waals surface area contributed by atoms with E-state index in [2.05, 4.69) is 0 Å². The van der Waals surface area contributed by atoms with Crippen LogP contribution in [-0.4, -0.2) is 0 Å². The molecule has 0 radical (unpaired) electrons. The molecule has 2 rings (SSSR count). The first-order chi connectivity index (χ1) is 9.25. The van der Waals surface area contributed by atoms with Gasteiger partial charge < -0.3 is 0 Å². The molecular weight excluding hydrogens is 250 g/mol. The maximum Gasteiger partial charge on any atom is 0.0629 e. The maximum absolute atomic E-state index is 7.90. The molecule has 0 unspecified atom stereocenters. The molecule has 0 heterocycles. The van der Waals surface area contributed by atoms with Gasteiger partial charge in [-0.05, 0) is 17.7 Å². The standard InChI is InChI=1S/C12H7Cl3/c13-9-6-10(14)12(11(15)7-9)8-4-2-1-3-5-8/h1-7H/i1D,2D,3D,4D,5D. The SMILES string of the molecule is [2H]c1c([2H])c([2H])c(-c2c(Cl)cc(Cl)cc2Cl)c([2H])c1[2H]. The first kappa shape index (κ1) is 6.15. The molecule has 15 heavy (non-hydrogen) atoms. The van der Waals surface area contributed by atoms with Crippen molar-refractivity contribution in [3.63, 3.8) is 0 Å². The normalized spacial score (nSPS) is 15.0. The minimum absolute atomic E-state index is 0.0392. The summed E-state index contributed by atoms with van der Waals surface area (Å²) in [7, 11) is 0. The summed E-state index contributed by atoms with van der Waals surface area (Å²) < 4.78 is 38.6. The molecule has 0 aliphatic heterocycles. The molecule has 0 atom stereocenters. The predicted octanol–water partition coefficient (Wildman–Crippen LogP) is 5.31. The minimum Gasteiger partial charge on any atom is -0.0842 e. The molecule has 3 heteroatoms. The van der Waals surface area contributed by atoms with E-state index >= 15 is 0 Å². The molecule has 2 aromatic rings. The molecule has 0 amide bonds. The third-order valence-corrected chi connectivity index (χ3v) is 2.57. The van der Waals surface area contributed by atoms with Gasteiger partial charge in [-0.25, -0.2) is 0 Å². The third-order valence-electron chi connectivity index (χ3n) is 1.76. The van der Waals surface area contributed by atoms with Gasteiger partial charge in [-0.2, -0.15) is 0 Å². The lowest BCUT2D eigenvalue weighted by Crippen LogP contribution is -1.81. The Morgan fingerprint density at radius 2 is 1.40 bits per heavy atom. The topological polar surface area (TPSA) is 0 Å². The van der Waals surface area contributed by atoms with Crippen molar-refractivity contribution in [3.8, 4) is 11.1 Å². The summed E-state index contributed by atoms with van der Waals surface area (Å²) in [5, 5.41) is 0.554. The second-order valence-corrected chi connectivity index (χ2v) is 4.00. The van der Waals surface area contributed by atoms with E-state index in [1.165, 1.54) is 12.1 Å². The summed E-state index contributed by atoms with van der Waals surface area (Å²) in [6.45, 7) is 0. The van der Waals surface area contributed by atoms with Gasteiger partial charge in [0.1, 0.15) is 0 Å². The fourth-order valence-electron chi connectivity index (χ4n) is 1.16. The van der Waals surface area contributed by atoms with Gasteiger partial charge in [0.25, 0.3) is 0 Å². The molecule has 0 aliphatic rings. The summed E-state index contributed by atoms with van der Waals surface area (Å²) in [4.78, 5) is 0. The first-order valence-electron chi connectivity index (χ1n) is 6.47. The van der Waals surface area contributed by atoms with Crippen LogP contribution in [0.15, 0.2) is 42.3 Å². The molecule has 2 aromatic carbocycles. The molecule has 0 spiro atoms. The van der Waals surface area contributed by atoms with Crippen LogP contribution >= 0.6 is 34.8 Å². The zero-order valence-electron chi connectivity index (χ0n) is 12.3. The van der Waals surface area contributed by atoms with Gasteiger partial charge in [-0.1, -0.05) is 65.0 Å². The molecule has 0 nitrogen and oxygen atoms in total. The van der Waals surface area contributed by atoms with E-state index < -0.39 is 18.1 Å². The van der Waals surface area contributed by atoms with Crippen molar-refractivity contribution in [2.75, 3.05) is 0 Å². The number of halogens is 3. The quantitative estimate of drug-likeness (QED) is 0.653. The van der Waals surface area contributed by atoms with Crippen LogP contribution in [0.3, 0.4) is 0 Å². The van der Waals surface area contributed by atoms with Crippen molar-refractivity contribution in [2.45, 2.75) is 0 Å². The average Bonchev–Trinajstić information content (AvgIpc) is 2.37. The van der Waals surface area contributed by atoms with Crippen LogP contribution in [0.25, 0.3) is 11.1 Å². The Morgan fingerprint density at radius 1 is 0.867 bits per heavy atom. The van der Waals surface area contributed by atoms with E-state index in [0.717, 1.165) is 0 Å². The van der Waals surface area contributed by atoms with Crippen LogP contribution in [0.5, 0.6) is 0 Å². The summed E-state index contributed by atoms with van der Waals surface area (Å²) >= 11 is 17.9. The summed E-state index contributed by atoms with van der Waals surface area (Å²) in [6, 6.07) is 0.746. The Bertz CT molecular complexity index is 663. The molecule has 0 saturated heterocycles. The lowest BCUT2D eigenvalue weighted by molar-refractivity contribution is 1.61. The maximum atomic E-state index is 7.90. The highest BCUT2D eigenvalue weighted by molar-refractivity contribution is 6.41. The van der Waals surface area contributed by atoms with Crippen molar-refractivity contribution in [1.29, 1.82) is 0 Å². The monoisotopic (exact) mass is 261 g/mol. The van der Waals surface area contributed by atoms with E-state index in [1.54, 1.807) is 0 Å². The van der Waals surface area contributed by atoms with Gasteiger partial charge in [0, 0.05) is 10.6 Å². The van der Waals surface area contributed by atoms with Gasteiger partial charge >= 0.3 is 0 Å². The second-order valence-electron chi connectivity index (χ2n) is 2.74. The number of hydrogen-bond acceptors (Lipinski definition) is 0. The second kappa shape index (κ2) is 4.44. The lowest BCUT2D eigenvalue weighted by atomic mass is 10.1. The molecule has 0 aliphatic carbocycles. The largest absolute Gasteiger partial charge is 0.0842 e. The van der Waals surface area contributed by atoms with Crippen molar-refractivity contribution < 1.29 is 6.85 Å². The Hall–Kier alpha value is -0.690. The Balaban J connectivity index is 2.91. The van der Waals surface area contributed by atoms with E-state index in [0.29, 0.717) is 5.02 Å². The predicted molar refractivity (Wildman–Crippen MR) is 66.9 cm³/mol. The van der Waals surface area contributed by atoms with Crippen molar-refractivity contribution in [3.05, 3.63) is 57.4 Å². The van der Waals surface area contributed by atoms with E-state index in [4.69, 9.17) is 41.7 Å². The zero-order valence-corrected chi connectivity index (χ0v) is 9.56. The van der Waals surface area contributed by atoms with E-state index in [1.807, 2.05) is 0 Å². The van der Waals surface area contributed by atoms with Crippen LogP contribution < -0.4 is 0 Å². The van der Waals surface area contributed by atoms with Crippen LogP contribution in [0.1, 0.15) is 6.85 Å². The van der Waals surface area contributed by atoms with E-state index in [-0.39, 0.29) is 33.3 Å². The van der Waals surface area contributed by atoms with Crippen molar-refractivity contribution in [1.82, 2.24) is 0 Å². The molecule has 0 bridgehead atoms. The van der Waals surface area contributed by atoms with Gasteiger partial charge in [-0.3, -0.25) is 0 Å². The Kier molecular flexibility index (Phi) is 1.82. The average molecular weight is 263 g/mol. The highest BCUT2D eigenvalue weighted by atomic mass is 35.5. The molecule has 0 N–H and O–H groups in total. The summed E-state index contributed by atoms with van der Waals surface area (Å²) in [5.74, 6) is 0. The number of hydrogen-bond donors (Lipinski definition) is 0. The lowest BCUT2D eigenvalue weighted by Gasteiger charge is -2.07.